The summed E-state index contributed by atoms with van der Waals surface area (Å²) in [7, 11) is 0. The zero-order valence-electron chi connectivity index (χ0n) is 9.52. The molecule has 0 aliphatic rings. The fraction of sp³-hybridized carbons (Fsp3) is 0.154. The summed E-state index contributed by atoms with van der Waals surface area (Å²) in [6.07, 6.45) is 3.59. The molecule has 0 aliphatic heterocycles. The van der Waals surface area contributed by atoms with E-state index in [1.807, 2.05) is 30.5 Å². The Hall–Kier alpha value is -1.74. The number of hydrogen-bond acceptors (Lipinski definition) is 3. The van der Waals surface area contributed by atoms with Crippen LogP contribution >= 0.6 is 11.6 Å². The zero-order chi connectivity index (χ0) is 12.3. The molecule has 0 saturated heterocycles. The number of pyridine rings is 1. The largest absolute Gasteiger partial charge is 0.396 e. The number of nitrogen functional groups attached to an aromatic ring is 1. The van der Waals surface area contributed by atoms with Gasteiger partial charge in [-0.2, -0.15) is 0 Å². The minimum atomic E-state index is 0.129. The topological polar surface area (TPSA) is 50.9 Å². The smallest absolute Gasteiger partial charge is 0.0739 e. The minimum Gasteiger partial charge on any atom is -0.396 e. The molecule has 0 amide bonds. The zero-order valence-corrected chi connectivity index (χ0v) is 10.3. The molecule has 3 nitrogen and oxygen atoms in total. The van der Waals surface area contributed by atoms with Crippen molar-refractivity contribution in [2.75, 3.05) is 11.1 Å². The first-order chi connectivity index (χ1) is 8.18. The van der Waals surface area contributed by atoms with E-state index < -0.39 is 0 Å². The number of anilines is 2. The van der Waals surface area contributed by atoms with Crippen LogP contribution in [0.5, 0.6) is 0 Å². The second-order valence-electron chi connectivity index (χ2n) is 3.85. The lowest BCUT2D eigenvalue weighted by Crippen LogP contribution is -2.08. The molecule has 4 heteroatoms. The van der Waals surface area contributed by atoms with Gasteiger partial charge >= 0.3 is 0 Å². The van der Waals surface area contributed by atoms with Crippen molar-refractivity contribution in [2.24, 2.45) is 0 Å². The van der Waals surface area contributed by atoms with Gasteiger partial charge in [0.2, 0.25) is 0 Å². The van der Waals surface area contributed by atoms with Crippen LogP contribution in [-0.2, 0) is 0 Å². The van der Waals surface area contributed by atoms with Gasteiger partial charge in [-0.05, 0) is 30.7 Å². The molecule has 88 valence electrons. The standard InChI is InChI=1S/C13H14ClN3/c1-9(10-4-3-7-16-8-10)17-12-6-2-5-11(14)13(12)15/h2-9,17H,15H2,1H3. The molecule has 0 bridgehead atoms. The molecule has 1 atom stereocenters. The van der Waals surface area contributed by atoms with Crippen molar-refractivity contribution in [3.8, 4) is 0 Å². The van der Waals surface area contributed by atoms with Gasteiger partial charge in [0, 0.05) is 12.4 Å². The van der Waals surface area contributed by atoms with E-state index >= 15 is 0 Å². The summed E-state index contributed by atoms with van der Waals surface area (Å²) in [6, 6.07) is 9.62. The van der Waals surface area contributed by atoms with Gasteiger partial charge in [-0.3, -0.25) is 4.98 Å². The van der Waals surface area contributed by atoms with Crippen LogP contribution in [0.4, 0.5) is 11.4 Å². The van der Waals surface area contributed by atoms with Crippen molar-refractivity contribution in [1.82, 2.24) is 4.98 Å². The van der Waals surface area contributed by atoms with Crippen LogP contribution < -0.4 is 11.1 Å². The van der Waals surface area contributed by atoms with E-state index in [4.69, 9.17) is 17.3 Å². The maximum atomic E-state index is 5.97. The van der Waals surface area contributed by atoms with Crippen LogP contribution in [0.25, 0.3) is 0 Å². The average Bonchev–Trinajstić information content (AvgIpc) is 2.36. The van der Waals surface area contributed by atoms with Crippen LogP contribution in [0.1, 0.15) is 18.5 Å². The van der Waals surface area contributed by atoms with Crippen molar-refractivity contribution in [3.63, 3.8) is 0 Å². The molecule has 0 radical (unpaired) electrons. The fourth-order valence-electron chi connectivity index (χ4n) is 1.61. The van der Waals surface area contributed by atoms with Gasteiger partial charge in [0.05, 0.1) is 22.4 Å². The number of hydrogen-bond donors (Lipinski definition) is 2. The molecule has 17 heavy (non-hydrogen) atoms. The first-order valence-corrected chi connectivity index (χ1v) is 5.76. The predicted octanol–water partition coefficient (Wildman–Crippen LogP) is 3.49. The van der Waals surface area contributed by atoms with E-state index in [-0.39, 0.29) is 6.04 Å². The summed E-state index contributed by atoms with van der Waals surface area (Å²) >= 11 is 5.97. The van der Waals surface area contributed by atoms with Gasteiger partial charge in [-0.1, -0.05) is 23.7 Å². The molecule has 1 aromatic carbocycles. The molecule has 2 rings (SSSR count). The number of nitrogens with two attached hydrogens (primary N) is 1. The van der Waals surface area contributed by atoms with Gasteiger partial charge < -0.3 is 11.1 Å². The van der Waals surface area contributed by atoms with E-state index in [1.165, 1.54) is 0 Å². The fourth-order valence-corrected chi connectivity index (χ4v) is 1.79. The highest BCUT2D eigenvalue weighted by Gasteiger charge is 2.08. The Morgan fingerprint density at radius 2 is 2.12 bits per heavy atom. The maximum absolute atomic E-state index is 5.97. The number of rotatable bonds is 3. The Labute approximate surface area is 106 Å². The van der Waals surface area contributed by atoms with Crippen molar-refractivity contribution in [3.05, 3.63) is 53.3 Å². The molecule has 2 aromatic rings. The SMILES string of the molecule is CC(Nc1cccc(Cl)c1N)c1cccnc1. The van der Waals surface area contributed by atoms with Crippen LogP contribution in [0.2, 0.25) is 5.02 Å². The van der Waals surface area contributed by atoms with E-state index in [1.54, 1.807) is 12.3 Å². The highest BCUT2D eigenvalue weighted by molar-refractivity contribution is 6.33. The van der Waals surface area contributed by atoms with Crippen molar-refractivity contribution < 1.29 is 0 Å². The van der Waals surface area contributed by atoms with E-state index in [0.717, 1.165) is 11.3 Å². The van der Waals surface area contributed by atoms with Crippen LogP contribution in [0.3, 0.4) is 0 Å². The summed E-state index contributed by atoms with van der Waals surface area (Å²) in [6.45, 7) is 2.05. The predicted molar refractivity (Wildman–Crippen MR) is 72.1 cm³/mol. The van der Waals surface area contributed by atoms with Crippen LogP contribution in [0.15, 0.2) is 42.7 Å². The lowest BCUT2D eigenvalue weighted by atomic mass is 10.1. The number of benzene rings is 1. The molecule has 1 unspecified atom stereocenters. The van der Waals surface area contributed by atoms with Gasteiger partial charge in [0.15, 0.2) is 0 Å². The molecule has 0 fully saturated rings. The monoisotopic (exact) mass is 247 g/mol. The Balaban J connectivity index is 2.19. The van der Waals surface area contributed by atoms with Crippen LogP contribution in [0, 0.1) is 0 Å². The molecule has 0 spiro atoms. The second kappa shape index (κ2) is 5.06. The van der Waals surface area contributed by atoms with Crippen LogP contribution in [-0.4, -0.2) is 4.98 Å². The maximum Gasteiger partial charge on any atom is 0.0739 e. The third-order valence-electron chi connectivity index (χ3n) is 2.61. The Bertz CT molecular complexity index is 499. The Morgan fingerprint density at radius 1 is 1.29 bits per heavy atom. The van der Waals surface area contributed by atoms with Crippen molar-refractivity contribution >= 4 is 23.0 Å². The lowest BCUT2D eigenvalue weighted by molar-refractivity contribution is 0.876. The van der Waals surface area contributed by atoms with Crippen molar-refractivity contribution in [2.45, 2.75) is 13.0 Å². The number of nitrogens with zero attached hydrogens (tertiary/aromatic N) is 1. The van der Waals surface area contributed by atoms with E-state index in [9.17, 15) is 0 Å². The van der Waals surface area contributed by atoms with Gasteiger partial charge in [0.25, 0.3) is 0 Å². The molecule has 1 aromatic heterocycles. The molecular formula is C13H14ClN3. The normalized spacial score (nSPS) is 12.1. The summed E-state index contributed by atoms with van der Waals surface area (Å²) in [5.74, 6) is 0. The molecular weight excluding hydrogens is 234 g/mol. The summed E-state index contributed by atoms with van der Waals surface area (Å²) in [4.78, 5) is 4.09. The third-order valence-corrected chi connectivity index (χ3v) is 2.94. The lowest BCUT2D eigenvalue weighted by Gasteiger charge is -2.17. The highest BCUT2D eigenvalue weighted by atomic mass is 35.5. The van der Waals surface area contributed by atoms with Gasteiger partial charge in [-0.25, -0.2) is 0 Å². The minimum absolute atomic E-state index is 0.129. The number of halogens is 1. The summed E-state index contributed by atoms with van der Waals surface area (Å²) < 4.78 is 0. The first kappa shape index (κ1) is 11.7. The van der Waals surface area contributed by atoms with E-state index in [0.29, 0.717) is 10.7 Å². The van der Waals surface area contributed by atoms with Crippen molar-refractivity contribution in [1.29, 1.82) is 0 Å². The number of nitrogens with one attached hydrogen (secondary N) is 1. The summed E-state index contributed by atoms with van der Waals surface area (Å²) in [5.41, 5.74) is 8.42. The summed E-state index contributed by atoms with van der Waals surface area (Å²) in [5, 5.41) is 3.88. The van der Waals surface area contributed by atoms with E-state index in [2.05, 4.69) is 17.2 Å². The Morgan fingerprint density at radius 3 is 2.82 bits per heavy atom. The average molecular weight is 248 g/mol. The molecule has 1 heterocycles. The first-order valence-electron chi connectivity index (χ1n) is 5.39. The number of aromatic nitrogens is 1. The molecule has 3 N–H and O–H groups in total. The Kier molecular flexibility index (Phi) is 3.49. The molecule has 0 saturated carbocycles. The van der Waals surface area contributed by atoms with Gasteiger partial charge in [0.1, 0.15) is 0 Å². The molecule has 0 aliphatic carbocycles. The highest BCUT2D eigenvalue weighted by Crippen LogP contribution is 2.29. The third kappa shape index (κ3) is 2.68. The quantitative estimate of drug-likeness (QED) is 0.817. The second-order valence-corrected chi connectivity index (χ2v) is 4.26. The van der Waals surface area contributed by atoms with Gasteiger partial charge in [-0.15, -0.1) is 0 Å². The number of para-hydroxylation sites is 1.